The van der Waals surface area contributed by atoms with Crippen LogP contribution in [0.25, 0.3) is 16.6 Å². The molecule has 0 spiro atoms. The standard InChI is InChI=1S/C19H14BrClN6O2/c1-10-15(18(29)27(26-10)13-4-2-3-12(21)8-13)9-22-25-19-23-16-6-5-11(20)7-14(16)17(28)24-19/h2-9,26H,1H3,(H2,23,24,25,28)/b22-9+. The number of hydrazone groups is 1. The van der Waals surface area contributed by atoms with Gasteiger partial charge < -0.3 is 0 Å². The lowest BCUT2D eigenvalue weighted by Crippen LogP contribution is -2.17. The van der Waals surface area contributed by atoms with Crippen molar-refractivity contribution in [1.29, 1.82) is 0 Å². The van der Waals surface area contributed by atoms with Gasteiger partial charge in [-0.1, -0.05) is 33.6 Å². The van der Waals surface area contributed by atoms with E-state index >= 15 is 0 Å². The van der Waals surface area contributed by atoms with Gasteiger partial charge in [-0.25, -0.2) is 15.1 Å². The summed E-state index contributed by atoms with van der Waals surface area (Å²) < 4.78 is 2.17. The number of aromatic amines is 2. The minimum absolute atomic E-state index is 0.171. The molecule has 29 heavy (non-hydrogen) atoms. The number of fused-ring (bicyclic) bond motifs is 1. The third-order valence-electron chi connectivity index (χ3n) is 4.21. The number of hydrogen-bond acceptors (Lipinski definition) is 5. The van der Waals surface area contributed by atoms with Gasteiger partial charge in [0.2, 0.25) is 5.95 Å². The van der Waals surface area contributed by atoms with E-state index in [0.29, 0.717) is 32.9 Å². The van der Waals surface area contributed by atoms with Crippen LogP contribution < -0.4 is 16.5 Å². The number of aromatic nitrogens is 4. The van der Waals surface area contributed by atoms with Gasteiger partial charge in [0.05, 0.1) is 28.4 Å². The number of halogens is 2. The summed E-state index contributed by atoms with van der Waals surface area (Å²) in [5.41, 5.74) is 4.22. The lowest BCUT2D eigenvalue weighted by molar-refractivity contribution is 0.835. The minimum atomic E-state index is -0.296. The summed E-state index contributed by atoms with van der Waals surface area (Å²) >= 11 is 9.33. The topological polar surface area (TPSA) is 108 Å². The van der Waals surface area contributed by atoms with Crippen LogP contribution in [0.4, 0.5) is 5.95 Å². The van der Waals surface area contributed by atoms with Gasteiger partial charge in [-0.05, 0) is 43.3 Å². The highest BCUT2D eigenvalue weighted by atomic mass is 79.9. The number of hydrogen-bond donors (Lipinski definition) is 3. The summed E-state index contributed by atoms with van der Waals surface area (Å²) in [6.07, 6.45) is 1.38. The Morgan fingerprint density at radius 2 is 2.07 bits per heavy atom. The minimum Gasteiger partial charge on any atom is -0.295 e. The molecule has 146 valence electrons. The van der Waals surface area contributed by atoms with Crippen LogP contribution in [0.3, 0.4) is 0 Å². The van der Waals surface area contributed by atoms with Gasteiger partial charge in [-0.2, -0.15) is 5.10 Å². The Morgan fingerprint density at radius 1 is 1.24 bits per heavy atom. The fraction of sp³-hybridized carbons (Fsp3) is 0.0526. The van der Waals surface area contributed by atoms with Crippen molar-refractivity contribution in [3.8, 4) is 5.69 Å². The number of benzene rings is 2. The molecule has 2 aromatic carbocycles. The first-order valence-electron chi connectivity index (χ1n) is 8.48. The SMILES string of the molecule is Cc1[nH]n(-c2cccc(Cl)c2)c(=O)c1/C=N/Nc1nc2ccc(Br)cc2c(=O)[nH]1. The van der Waals surface area contributed by atoms with Crippen molar-refractivity contribution in [2.75, 3.05) is 5.43 Å². The van der Waals surface area contributed by atoms with E-state index in [2.05, 4.69) is 41.5 Å². The number of aryl methyl sites for hydroxylation is 1. The molecule has 0 fully saturated rings. The maximum Gasteiger partial charge on any atom is 0.280 e. The van der Waals surface area contributed by atoms with Crippen LogP contribution in [0.5, 0.6) is 0 Å². The van der Waals surface area contributed by atoms with Crippen LogP contribution in [-0.2, 0) is 0 Å². The Hall–Kier alpha value is -3.17. The second kappa shape index (κ2) is 7.69. The average molecular weight is 474 g/mol. The van der Waals surface area contributed by atoms with Crippen LogP contribution in [0, 0.1) is 6.92 Å². The molecule has 0 unspecified atom stereocenters. The molecule has 3 N–H and O–H groups in total. The van der Waals surface area contributed by atoms with Crippen molar-refractivity contribution in [3.63, 3.8) is 0 Å². The van der Waals surface area contributed by atoms with Crippen LogP contribution in [0.15, 0.2) is 61.6 Å². The largest absolute Gasteiger partial charge is 0.295 e. The molecular formula is C19H14BrClN6O2. The van der Waals surface area contributed by atoms with Crippen molar-refractivity contribution in [3.05, 3.63) is 83.9 Å². The number of nitrogens with zero attached hydrogens (tertiary/aromatic N) is 3. The van der Waals surface area contributed by atoms with E-state index in [1.807, 2.05) is 0 Å². The van der Waals surface area contributed by atoms with E-state index in [9.17, 15) is 9.59 Å². The number of anilines is 1. The fourth-order valence-electron chi connectivity index (χ4n) is 2.83. The van der Waals surface area contributed by atoms with E-state index in [0.717, 1.165) is 4.47 Å². The normalized spacial score (nSPS) is 11.4. The average Bonchev–Trinajstić information content (AvgIpc) is 2.97. The lowest BCUT2D eigenvalue weighted by atomic mass is 10.2. The molecule has 0 atom stereocenters. The third-order valence-corrected chi connectivity index (χ3v) is 4.94. The van der Waals surface area contributed by atoms with Crippen LogP contribution >= 0.6 is 27.5 Å². The highest BCUT2D eigenvalue weighted by Gasteiger charge is 2.11. The van der Waals surface area contributed by atoms with Gasteiger partial charge in [-0.15, -0.1) is 0 Å². The molecule has 0 aliphatic carbocycles. The first kappa shape index (κ1) is 19.2. The Balaban J connectivity index is 1.62. The van der Waals surface area contributed by atoms with Gasteiger partial charge in [0.1, 0.15) is 0 Å². The molecule has 0 radical (unpaired) electrons. The fourth-order valence-corrected chi connectivity index (χ4v) is 3.38. The second-order valence-corrected chi connectivity index (χ2v) is 7.57. The highest BCUT2D eigenvalue weighted by molar-refractivity contribution is 9.10. The van der Waals surface area contributed by atoms with Crippen molar-refractivity contribution in [1.82, 2.24) is 19.7 Å². The van der Waals surface area contributed by atoms with E-state index in [4.69, 9.17) is 11.6 Å². The first-order valence-corrected chi connectivity index (χ1v) is 9.66. The van der Waals surface area contributed by atoms with Gasteiger partial charge in [0.15, 0.2) is 0 Å². The van der Waals surface area contributed by atoms with Gasteiger partial charge in [0, 0.05) is 15.2 Å². The zero-order valence-electron chi connectivity index (χ0n) is 15.0. The monoisotopic (exact) mass is 472 g/mol. The molecule has 2 aromatic heterocycles. The van der Waals surface area contributed by atoms with Gasteiger partial charge >= 0.3 is 0 Å². The summed E-state index contributed by atoms with van der Waals surface area (Å²) in [6, 6.07) is 12.1. The van der Waals surface area contributed by atoms with E-state index in [1.54, 1.807) is 49.4 Å². The summed E-state index contributed by atoms with van der Waals surface area (Å²) in [7, 11) is 0. The molecule has 4 rings (SSSR count). The zero-order chi connectivity index (χ0) is 20.5. The lowest BCUT2D eigenvalue weighted by Gasteiger charge is -2.02. The van der Waals surface area contributed by atoms with Crippen LogP contribution in [-0.4, -0.2) is 26.0 Å². The molecule has 0 amide bonds. The molecular weight excluding hydrogens is 460 g/mol. The van der Waals surface area contributed by atoms with E-state index < -0.39 is 0 Å². The number of nitrogens with one attached hydrogen (secondary N) is 3. The van der Waals surface area contributed by atoms with E-state index in [-0.39, 0.29) is 17.1 Å². The van der Waals surface area contributed by atoms with Crippen molar-refractivity contribution in [2.24, 2.45) is 5.10 Å². The van der Waals surface area contributed by atoms with Crippen molar-refractivity contribution >= 4 is 50.6 Å². The maximum absolute atomic E-state index is 12.7. The van der Waals surface area contributed by atoms with Crippen molar-refractivity contribution in [2.45, 2.75) is 6.92 Å². The predicted molar refractivity (Wildman–Crippen MR) is 117 cm³/mol. The Morgan fingerprint density at radius 3 is 2.86 bits per heavy atom. The number of rotatable bonds is 4. The molecule has 0 saturated carbocycles. The Kier molecular flexibility index (Phi) is 5.08. The zero-order valence-corrected chi connectivity index (χ0v) is 17.4. The molecule has 0 aliphatic heterocycles. The third kappa shape index (κ3) is 3.87. The van der Waals surface area contributed by atoms with Gasteiger partial charge in [0.25, 0.3) is 11.1 Å². The Labute approximate surface area is 177 Å². The number of H-pyrrole nitrogens is 2. The smallest absolute Gasteiger partial charge is 0.280 e. The summed E-state index contributed by atoms with van der Waals surface area (Å²) in [5, 5.41) is 8.02. The Bertz CT molecular complexity index is 1370. The second-order valence-electron chi connectivity index (χ2n) is 6.22. The molecule has 0 saturated heterocycles. The molecule has 0 aliphatic rings. The molecule has 2 heterocycles. The first-order chi connectivity index (χ1) is 13.9. The molecule has 4 aromatic rings. The summed E-state index contributed by atoms with van der Waals surface area (Å²) in [5.74, 6) is 0.171. The molecule has 10 heteroatoms. The highest BCUT2D eigenvalue weighted by Crippen LogP contribution is 2.16. The molecule has 0 bridgehead atoms. The van der Waals surface area contributed by atoms with Crippen LogP contribution in [0.1, 0.15) is 11.3 Å². The molecule has 8 nitrogen and oxygen atoms in total. The maximum atomic E-state index is 12.7. The van der Waals surface area contributed by atoms with Gasteiger partial charge in [-0.3, -0.25) is 19.7 Å². The van der Waals surface area contributed by atoms with Crippen LogP contribution in [0.2, 0.25) is 5.02 Å². The summed E-state index contributed by atoms with van der Waals surface area (Å²) in [4.78, 5) is 31.8. The van der Waals surface area contributed by atoms with Crippen molar-refractivity contribution < 1.29 is 0 Å². The predicted octanol–water partition coefficient (Wildman–Crippen LogP) is 3.57. The quantitative estimate of drug-likeness (QED) is 0.311. The summed E-state index contributed by atoms with van der Waals surface area (Å²) in [6.45, 7) is 1.76. The van der Waals surface area contributed by atoms with E-state index in [1.165, 1.54) is 10.9 Å².